The van der Waals surface area contributed by atoms with Crippen LogP contribution in [0.5, 0.6) is 0 Å². The first-order valence-corrected chi connectivity index (χ1v) is 6.38. The van der Waals surface area contributed by atoms with Crippen LogP contribution in [-0.4, -0.2) is 28.3 Å². The van der Waals surface area contributed by atoms with Crippen molar-refractivity contribution in [1.82, 2.24) is 10.2 Å². The Balaban J connectivity index is 2.09. The van der Waals surface area contributed by atoms with Crippen molar-refractivity contribution >= 4 is 27.7 Å². The van der Waals surface area contributed by atoms with Gasteiger partial charge in [-0.15, -0.1) is 10.2 Å². The molecule has 0 radical (unpaired) electrons. The number of benzene rings is 1. The van der Waals surface area contributed by atoms with Gasteiger partial charge in [0, 0.05) is 18.1 Å². The predicted octanol–water partition coefficient (Wildman–Crippen LogP) is 2.57. The average molecular weight is 322 g/mol. The average Bonchev–Trinajstić information content (AvgIpc) is 2.41. The molecule has 2 aromatic rings. The minimum atomic E-state index is -1.07. The van der Waals surface area contributed by atoms with Crippen molar-refractivity contribution in [2.45, 2.75) is 6.54 Å². The summed E-state index contributed by atoms with van der Waals surface area (Å²) in [5.74, 6) is -0.442. The highest BCUT2D eigenvalue weighted by atomic mass is 79.9. The summed E-state index contributed by atoms with van der Waals surface area (Å²) in [7, 11) is 1.88. The van der Waals surface area contributed by atoms with Gasteiger partial charge in [0.05, 0.1) is 0 Å². The maximum absolute atomic E-state index is 10.7. The fourth-order valence-corrected chi connectivity index (χ4v) is 1.85. The van der Waals surface area contributed by atoms with Crippen LogP contribution in [-0.2, 0) is 6.54 Å². The fraction of sp³-hybridized carbons (Fsp3) is 0.154. The molecule has 98 valence electrons. The molecule has 0 unspecified atom stereocenters. The van der Waals surface area contributed by atoms with Gasteiger partial charge in [0.2, 0.25) is 0 Å². The number of anilines is 1. The third-order valence-corrected chi connectivity index (χ3v) is 3.12. The van der Waals surface area contributed by atoms with Gasteiger partial charge in [0.25, 0.3) is 0 Å². The first kappa shape index (κ1) is 13.5. The van der Waals surface area contributed by atoms with E-state index in [-0.39, 0.29) is 5.69 Å². The second-order valence-corrected chi connectivity index (χ2v) is 4.98. The maximum Gasteiger partial charge on any atom is 0.356 e. The zero-order chi connectivity index (χ0) is 13.8. The largest absolute Gasteiger partial charge is 0.476 e. The molecular formula is C13H12BrN3O2. The van der Waals surface area contributed by atoms with E-state index < -0.39 is 5.97 Å². The molecule has 0 aliphatic rings. The third kappa shape index (κ3) is 3.51. The lowest BCUT2D eigenvalue weighted by Gasteiger charge is -2.17. The van der Waals surface area contributed by atoms with Gasteiger partial charge in [-0.1, -0.05) is 28.1 Å². The number of hydrogen-bond acceptors (Lipinski definition) is 4. The lowest BCUT2D eigenvalue weighted by atomic mass is 10.2. The van der Waals surface area contributed by atoms with Gasteiger partial charge in [-0.2, -0.15) is 0 Å². The van der Waals surface area contributed by atoms with Gasteiger partial charge in [-0.05, 0) is 29.8 Å². The van der Waals surface area contributed by atoms with Gasteiger partial charge in [-0.25, -0.2) is 4.79 Å². The van der Waals surface area contributed by atoms with Crippen LogP contribution in [0.2, 0.25) is 0 Å². The molecule has 6 heteroatoms. The maximum atomic E-state index is 10.7. The van der Waals surface area contributed by atoms with Gasteiger partial charge in [-0.3, -0.25) is 0 Å². The van der Waals surface area contributed by atoms with Crippen molar-refractivity contribution in [3.63, 3.8) is 0 Å². The Morgan fingerprint density at radius 3 is 2.42 bits per heavy atom. The Labute approximate surface area is 119 Å². The molecule has 0 fully saturated rings. The van der Waals surface area contributed by atoms with Crippen LogP contribution in [0.3, 0.4) is 0 Å². The van der Waals surface area contributed by atoms with Crippen LogP contribution < -0.4 is 4.90 Å². The summed E-state index contributed by atoms with van der Waals surface area (Å²) in [6.07, 6.45) is 0. The zero-order valence-corrected chi connectivity index (χ0v) is 11.8. The van der Waals surface area contributed by atoms with Crippen LogP contribution in [0.25, 0.3) is 0 Å². The molecule has 0 atom stereocenters. The summed E-state index contributed by atoms with van der Waals surface area (Å²) in [6.45, 7) is 0.675. The Hall–Kier alpha value is -1.95. The number of hydrogen-bond donors (Lipinski definition) is 1. The summed E-state index contributed by atoms with van der Waals surface area (Å²) in [5, 5.41) is 16.3. The first-order chi connectivity index (χ1) is 9.06. The number of aromatic carboxylic acids is 1. The SMILES string of the molecule is CN(Cc1ccc(Br)cc1)c1ccc(C(=O)O)nn1. The van der Waals surface area contributed by atoms with Crippen molar-refractivity contribution in [2.24, 2.45) is 0 Å². The quantitative estimate of drug-likeness (QED) is 0.937. The van der Waals surface area contributed by atoms with E-state index in [4.69, 9.17) is 5.11 Å². The normalized spacial score (nSPS) is 10.2. The molecule has 2 rings (SSSR count). The molecule has 5 nitrogen and oxygen atoms in total. The molecule has 0 saturated carbocycles. The molecule has 0 spiro atoms. The van der Waals surface area contributed by atoms with Crippen molar-refractivity contribution in [3.05, 3.63) is 52.1 Å². The Kier molecular flexibility index (Phi) is 4.11. The standard InChI is InChI=1S/C13H12BrN3O2/c1-17(8-9-2-4-10(14)5-3-9)12-7-6-11(13(18)19)15-16-12/h2-7H,8H2,1H3,(H,18,19). The van der Waals surface area contributed by atoms with Crippen LogP contribution in [0.15, 0.2) is 40.9 Å². The van der Waals surface area contributed by atoms with Crippen LogP contribution in [0, 0.1) is 0 Å². The van der Waals surface area contributed by atoms with Crippen LogP contribution in [0.1, 0.15) is 16.1 Å². The number of nitrogens with zero attached hydrogens (tertiary/aromatic N) is 3. The number of aromatic nitrogens is 2. The van der Waals surface area contributed by atoms with E-state index in [9.17, 15) is 4.79 Å². The monoisotopic (exact) mass is 321 g/mol. The summed E-state index contributed by atoms with van der Waals surface area (Å²) in [6, 6.07) is 11.1. The highest BCUT2D eigenvalue weighted by Crippen LogP contribution is 2.15. The zero-order valence-electron chi connectivity index (χ0n) is 10.2. The molecule has 0 saturated heterocycles. The summed E-state index contributed by atoms with van der Waals surface area (Å²) >= 11 is 3.39. The van der Waals surface area contributed by atoms with E-state index in [1.807, 2.05) is 36.2 Å². The van der Waals surface area contributed by atoms with Crippen molar-refractivity contribution in [1.29, 1.82) is 0 Å². The Bertz CT molecular complexity index is 569. The van der Waals surface area contributed by atoms with E-state index in [1.54, 1.807) is 6.07 Å². The molecule has 1 heterocycles. The van der Waals surface area contributed by atoms with Gasteiger partial charge >= 0.3 is 5.97 Å². The Morgan fingerprint density at radius 2 is 1.89 bits per heavy atom. The lowest BCUT2D eigenvalue weighted by molar-refractivity contribution is 0.0689. The third-order valence-electron chi connectivity index (χ3n) is 2.59. The van der Waals surface area contributed by atoms with E-state index >= 15 is 0 Å². The van der Waals surface area contributed by atoms with Crippen molar-refractivity contribution < 1.29 is 9.90 Å². The Morgan fingerprint density at radius 1 is 1.21 bits per heavy atom. The predicted molar refractivity (Wildman–Crippen MR) is 75.2 cm³/mol. The number of carboxylic acids is 1. The molecule has 1 N–H and O–H groups in total. The number of halogens is 1. The van der Waals surface area contributed by atoms with Gasteiger partial charge in [0.15, 0.2) is 11.5 Å². The van der Waals surface area contributed by atoms with Crippen LogP contribution in [0.4, 0.5) is 5.82 Å². The van der Waals surface area contributed by atoms with Gasteiger partial charge in [0.1, 0.15) is 0 Å². The second-order valence-electron chi connectivity index (χ2n) is 4.06. The highest BCUT2D eigenvalue weighted by Gasteiger charge is 2.08. The topological polar surface area (TPSA) is 66.3 Å². The molecule has 0 amide bonds. The molecule has 1 aromatic heterocycles. The van der Waals surface area contributed by atoms with E-state index in [2.05, 4.69) is 26.1 Å². The molecule has 1 aromatic carbocycles. The van der Waals surface area contributed by atoms with E-state index in [0.717, 1.165) is 10.0 Å². The molecule has 0 aliphatic carbocycles. The van der Waals surface area contributed by atoms with Crippen molar-refractivity contribution in [2.75, 3.05) is 11.9 Å². The molecule has 0 aliphatic heterocycles. The number of carboxylic acid groups (broad SMARTS) is 1. The van der Waals surface area contributed by atoms with Crippen molar-refractivity contribution in [3.8, 4) is 0 Å². The number of rotatable bonds is 4. The summed E-state index contributed by atoms with van der Waals surface area (Å²) in [4.78, 5) is 12.6. The minimum absolute atomic E-state index is 0.0548. The first-order valence-electron chi connectivity index (χ1n) is 5.59. The lowest BCUT2D eigenvalue weighted by Crippen LogP contribution is -2.18. The number of carbonyl (C=O) groups is 1. The second kappa shape index (κ2) is 5.79. The highest BCUT2D eigenvalue weighted by molar-refractivity contribution is 9.10. The minimum Gasteiger partial charge on any atom is -0.476 e. The van der Waals surface area contributed by atoms with E-state index in [0.29, 0.717) is 12.4 Å². The summed E-state index contributed by atoms with van der Waals surface area (Å²) in [5.41, 5.74) is 1.08. The van der Waals surface area contributed by atoms with Gasteiger partial charge < -0.3 is 10.0 Å². The molecule has 0 bridgehead atoms. The smallest absolute Gasteiger partial charge is 0.356 e. The fourth-order valence-electron chi connectivity index (χ4n) is 1.59. The van der Waals surface area contributed by atoms with Crippen LogP contribution >= 0.6 is 15.9 Å². The molecular weight excluding hydrogens is 310 g/mol. The van der Waals surface area contributed by atoms with E-state index in [1.165, 1.54) is 6.07 Å². The molecule has 19 heavy (non-hydrogen) atoms. The summed E-state index contributed by atoms with van der Waals surface area (Å²) < 4.78 is 1.03.